The van der Waals surface area contributed by atoms with Crippen molar-refractivity contribution in [2.75, 3.05) is 44.7 Å². The number of amides is 1. The molecule has 138 valence electrons. The largest absolute Gasteiger partial charge is 0.366 e. The summed E-state index contributed by atoms with van der Waals surface area (Å²) in [5.41, 5.74) is 3.11. The van der Waals surface area contributed by atoms with Crippen LogP contribution < -0.4 is 4.90 Å². The first-order valence-electron chi connectivity index (χ1n) is 9.05. The third-order valence-corrected chi connectivity index (χ3v) is 4.93. The summed E-state index contributed by atoms with van der Waals surface area (Å²) >= 11 is 0. The molecule has 0 unspecified atom stereocenters. The Kier molecular flexibility index (Phi) is 5.89. The topological polar surface area (TPSA) is 26.8 Å². The predicted molar refractivity (Wildman–Crippen MR) is 103 cm³/mol. The third kappa shape index (κ3) is 4.41. The number of hydrogen-bond acceptors (Lipinski definition) is 3. The molecule has 1 aliphatic rings. The minimum atomic E-state index is -0.203. The van der Waals surface area contributed by atoms with E-state index in [1.165, 1.54) is 17.2 Å². The fraction of sp³-hybridized carbons (Fsp3) is 0.381. The van der Waals surface area contributed by atoms with Gasteiger partial charge in [-0.3, -0.25) is 9.69 Å². The lowest BCUT2D eigenvalue weighted by Gasteiger charge is -2.36. The summed E-state index contributed by atoms with van der Waals surface area (Å²) in [5.74, 6) is -0.0699. The molecule has 1 saturated heterocycles. The second kappa shape index (κ2) is 8.32. The molecule has 4 nitrogen and oxygen atoms in total. The molecule has 1 heterocycles. The standard InChI is InChI=1S/C21H26FN3O/c1-17-7-3-4-8-18(17)15-23(2)16-21(26)25-13-11-24(12-14-25)20-10-6-5-9-19(20)22/h3-10H,11-16H2,1-2H3. The van der Waals surface area contributed by atoms with Crippen LogP contribution in [-0.2, 0) is 11.3 Å². The Morgan fingerprint density at radius 3 is 2.38 bits per heavy atom. The van der Waals surface area contributed by atoms with Gasteiger partial charge in [0.25, 0.3) is 0 Å². The molecule has 0 atom stereocenters. The fourth-order valence-electron chi connectivity index (χ4n) is 3.37. The molecule has 0 aliphatic carbocycles. The number of piperazine rings is 1. The molecule has 1 amide bonds. The van der Waals surface area contributed by atoms with Crippen LogP contribution in [0.2, 0.25) is 0 Å². The molecule has 5 heteroatoms. The van der Waals surface area contributed by atoms with E-state index in [4.69, 9.17) is 0 Å². The van der Waals surface area contributed by atoms with Gasteiger partial charge in [0.2, 0.25) is 5.91 Å². The Morgan fingerprint density at radius 2 is 1.69 bits per heavy atom. The maximum absolute atomic E-state index is 13.9. The van der Waals surface area contributed by atoms with Crippen LogP contribution in [0.3, 0.4) is 0 Å². The SMILES string of the molecule is Cc1ccccc1CN(C)CC(=O)N1CCN(c2ccccc2F)CC1. The van der Waals surface area contributed by atoms with Gasteiger partial charge < -0.3 is 9.80 Å². The lowest BCUT2D eigenvalue weighted by molar-refractivity contribution is -0.132. The molecule has 2 aromatic rings. The number of anilines is 1. The number of rotatable bonds is 5. The number of halogens is 1. The van der Waals surface area contributed by atoms with E-state index >= 15 is 0 Å². The lowest BCUT2D eigenvalue weighted by Crippen LogP contribution is -2.51. The number of para-hydroxylation sites is 1. The summed E-state index contributed by atoms with van der Waals surface area (Å²) in [6.45, 7) is 5.83. The zero-order valence-electron chi connectivity index (χ0n) is 15.5. The molecular formula is C21H26FN3O. The minimum absolute atomic E-state index is 0.134. The molecule has 0 N–H and O–H groups in total. The molecule has 0 radical (unpaired) electrons. The Labute approximate surface area is 154 Å². The van der Waals surface area contributed by atoms with E-state index in [1.54, 1.807) is 12.1 Å². The van der Waals surface area contributed by atoms with Crippen molar-refractivity contribution in [3.8, 4) is 0 Å². The Bertz CT molecular complexity index is 756. The van der Waals surface area contributed by atoms with Crippen LogP contribution in [0.1, 0.15) is 11.1 Å². The summed E-state index contributed by atoms with van der Waals surface area (Å²) < 4.78 is 13.9. The van der Waals surface area contributed by atoms with E-state index in [0.29, 0.717) is 38.4 Å². The van der Waals surface area contributed by atoms with E-state index in [2.05, 4.69) is 19.1 Å². The highest BCUT2D eigenvalue weighted by Gasteiger charge is 2.23. The molecule has 0 bridgehead atoms. The fourth-order valence-corrected chi connectivity index (χ4v) is 3.37. The summed E-state index contributed by atoms with van der Waals surface area (Å²) in [5, 5.41) is 0. The number of benzene rings is 2. The van der Waals surface area contributed by atoms with Crippen molar-refractivity contribution in [1.29, 1.82) is 0 Å². The number of hydrogen-bond donors (Lipinski definition) is 0. The number of carbonyl (C=O) groups is 1. The van der Waals surface area contributed by atoms with Gasteiger partial charge in [-0.2, -0.15) is 0 Å². The third-order valence-electron chi connectivity index (χ3n) is 4.93. The molecule has 2 aromatic carbocycles. The first-order chi connectivity index (χ1) is 12.5. The zero-order valence-corrected chi connectivity index (χ0v) is 15.5. The van der Waals surface area contributed by atoms with Gasteiger partial charge in [0.1, 0.15) is 5.82 Å². The maximum atomic E-state index is 13.9. The van der Waals surface area contributed by atoms with Gasteiger partial charge in [-0.1, -0.05) is 36.4 Å². The number of aryl methyl sites for hydroxylation is 1. The zero-order chi connectivity index (χ0) is 18.5. The van der Waals surface area contributed by atoms with Gasteiger partial charge in [0.05, 0.1) is 12.2 Å². The van der Waals surface area contributed by atoms with Gasteiger partial charge in [0, 0.05) is 32.7 Å². The monoisotopic (exact) mass is 355 g/mol. The predicted octanol–water partition coefficient (Wildman–Crippen LogP) is 2.91. The Hall–Kier alpha value is -2.40. The smallest absolute Gasteiger partial charge is 0.236 e. The van der Waals surface area contributed by atoms with Crippen LogP contribution in [0, 0.1) is 12.7 Å². The van der Waals surface area contributed by atoms with E-state index in [9.17, 15) is 9.18 Å². The Balaban J connectivity index is 1.51. The quantitative estimate of drug-likeness (QED) is 0.825. The van der Waals surface area contributed by atoms with E-state index < -0.39 is 0 Å². The van der Waals surface area contributed by atoms with Crippen molar-refractivity contribution in [2.24, 2.45) is 0 Å². The van der Waals surface area contributed by atoms with Crippen LogP contribution in [0.5, 0.6) is 0 Å². The first kappa shape index (κ1) is 18.4. The van der Waals surface area contributed by atoms with Gasteiger partial charge in [-0.25, -0.2) is 4.39 Å². The van der Waals surface area contributed by atoms with Gasteiger partial charge in [0.15, 0.2) is 0 Å². The van der Waals surface area contributed by atoms with Gasteiger partial charge >= 0.3 is 0 Å². The molecule has 3 rings (SSSR count). The highest BCUT2D eigenvalue weighted by atomic mass is 19.1. The average molecular weight is 355 g/mol. The highest BCUT2D eigenvalue weighted by Crippen LogP contribution is 2.20. The second-order valence-electron chi connectivity index (χ2n) is 6.92. The average Bonchev–Trinajstić information content (AvgIpc) is 2.64. The number of nitrogens with zero attached hydrogens (tertiary/aromatic N) is 3. The Morgan fingerprint density at radius 1 is 1.04 bits per heavy atom. The van der Waals surface area contributed by atoms with E-state index in [1.807, 2.05) is 39.9 Å². The minimum Gasteiger partial charge on any atom is -0.366 e. The van der Waals surface area contributed by atoms with E-state index in [-0.39, 0.29) is 11.7 Å². The number of carbonyl (C=O) groups excluding carboxylic acids is 1. The van der Waals surface area contributed by atoms with Crippen molar-refractivity contribution in [3.05, 3.63) is 65.5 Å². The maximum Gasteiger partial charge on any atom is 0.236 e. The molecule has 0 spiro atoms. The van der Waals surface area contributed by atoms with Gasteiger partial charge in [-0.05, 0) is 37.2 Å². The van der Waals surface area contributed by atoms with Crippen molar-refractivity contribution >= 4 is 11.6 Å². The molecular weight excluding hydrogens is 329 g/mol. The summed E-state index contributed by atoms with van der Waals surface area (Å²) in [6.07, 6.45) is 0. The molecule has 0 saturated carbocycles. The van der Waals surface area contributed by atoms with Crippen LogP contribution in [-0.4, -0.2) is 55.5 Å². The van der Waals surface area contributed by atoms with Crippen LogP contribution >= 0.6 is 0 Å². The van der Waals surface area contributed by atoms with Crippen molar-refractivity contribution in [2.45, 2.75) is 13.5 Å². The van der Waals surface area contributed by atoms with Crippen LogP contribution in [0.25, 0.3) is 0 Å². The molecule has 1 aliphatic heterocycles. The lowest BCUT2D eigenvalue weighted by atomic mass is 10.1. The number of likely N-dealkylation sites (N-methyl/N-ethyl adjacent to an activating group) is 1. The van der Waals surface area contributed by atoms with Crippen molar-refractivity contribution < 1.29 is 9.18 Å². The van der Waals surface area contributed by atoms with Crippen molar-refractivity contribution in [3.63, 3.8) is 0 Å². The van der Waals surface area contributed by atoms with Crippen LogP contribution in [0.15, 0.2) is 48.5 Å². The molecule has 26 heavy (non-hydrogen) atoms. The molecule has 0 aromatic heterocycles. The first-order valence-corrected chi connectivity index (χ1v) is 9.05. The second-order valence-corrected chi connectivity index (χ2v) is 6.92. The van der Waals surface area contributed by atoms with Crippen molar-refractivity contribution in [1.82, 2.24) is 9.80 Å². The normalized spacial score (nSPS) is 14.8. The summed E-state index contributed by atoms with van der Waals surface area (Å²) in [4.78, 5) is 18.5. The summed E-state index contributed by atoms with van der Waals surface area (Å²) in [6, 6.07) is 15.1. The van der Waals surface area contributed by atoms with Gasteiger partial charge in [-0.15, -0.1) is 0 Å². The van der Waals surface area contributed by atoms with E-state index in [0.717, 1.165) is 6.54 Å². The molecule has 1 fully saturated rings. The summed E-state index contributed by atoms with van der Waals surface area (Å²) in [7, 11) is 1.97. The highest BCUT2D eigenvalue weighted by molar-refractivity contribution is 5.78. The van der Waals surface area contributed by atoms with Crippen LogP contribution in [0.4, 0.5) is 10.1 Å².